The van der Waals surface area contributed by atoms with Crippen molar-refractivity contribution in [2.75, 3.05) is 19.8 Å². The molecule has 5 nitrogen and oxygen atoms in total. The Balaban J connectivity index is 1.87. The van der Waals surface area contributed by atoms with Gasteiger partial charge in [0.25, 0.3) is 0 Å². The zero-order valence-electron chi connectivity index (χ0n) is 10.0. The Hall–Kier alpha value is -1.31. The average Bonchev–Trinajstić information content (AvgIpc) is 2.89. The van der Waals surface area contributed by atoms with Crippen molar-refractivity contribution in [3.05, 3.63) is 40.8 Å². The van der Waals surface area contributed by atoms with E-state index >= 15 is 0 Å². The molecule has 1 unspecified atom stereocenters. The number of hydrogen-bond donors (Lipinski definition) is 1. The number of aromatic nitrogens is 3. The fourth-order valence-electron chi connectivity index (χ4n) is 1.99. The molecular weight excluding hydrogens is 315 g/mol. The molecule has 0 aliphatic carbocycles. The van der Waals surface area contributed by atoms with Gasteiger partial charge in [0.05, 0.1) is 24.9 Å². The van der Waals surface area contributed by atoms with Crippen LogP contribution in [0.4, 0.5) is 4.39 Å². The second-order valence-corrected chi connectivity index (χ2v) is 5.16. The molecule has 2 aromatic rings. The van der Waals surface area contributed by atoms with Gasteiger partial charge in [-0.1, -0.05) is 0 Å². The fraction of sp³-hybridized carbons (Fsp3) is 0.333. The third-order valence-electron chi connectivity index (χ3n) is 2.91. The highest BCUT2D eigenvalue weighted by atomic mass is 79.9. The summed E-state index contributed by atoms with van der Waals surface area (Å²) in [5.41, 5.74) is 0.823. The SMILES string of the molecule is Fc1cc(Br)cnc1-n1cnc(C2COCCN2)c1. The number of hydrogen-bond acceptors (Lipinski definition) is 4. The highest BCUT2D eigenvalue weighted by Crippen LogP contribution is 2.18. The third kappa shape index (κ3) is 2.68. The maximum Gasteiger partial charge on any atom is 0.174 e. The first-order valence-corrected chi connectivity index (χ1v) is 6.70. The molecule has 3 rings (SSSR count). The monoisotopic (exact) mass is 326 g/mol. The standard InChI is InChI=1S/C12H12BrFN4O/c13-8-3-9(14)12(16-4-8)18-5-10(17-7-18)11-6-19-2-1-15-11/h3-5,7,11,15H,1-2,6H2. The van der Waals surface area contributed by atoms with Crippen molar-refractivity contribution < 1.29 is 9.13 Å². The van der Waals surface area contributed by atoms with E-state index in [1.807, 2.05) is 0 Å². The molecule has 0 amide bonds. The van der Waals surface area contributed by atoms with Gasteiger partial charge in [-0.15, -0.1) is 0 Å². The van der Waals surface area contributed by atoms with Gasteiger partial charge in [0.1, 0.15) is 6.33 Å². The van der Waals surface area contributed by atoms with Crippen LogP contribution in [0, 0.1) is 5.82 Å². The summed E-state index contributed by atoms with van der Waals surface area (Å²) < 4.78 is 21.4. The predicted molar refractivity (Wildman–Crippen MR) is 70.6 cm³/mol. The van der Waals surface area contributed by atoms with Crippen LogP contribution in [0.5, 0.6) is 0 Å². The van der Waals surface area contributed by atoms with Gasteiger partial charge in [0.15, 0.2) is 11.6 Å². The first-order chi connectivity index (χ1) is 9.24. The summed E-state index contributed by atoms with van der Waals surface area (Å²) in [7, 11) is 0. The highest BCUT2D eigenvalue weighted by molar-refractivity contribution is 9.10. The van der Waals surface area contributed by atoms with Crippen LogP contribution < -0.4 is 5.32 Å². The van der Waals surface area contributed by atoms with E-state index in [1.165, 1.54) is 6.07 Å². The third-order valence-corrected chi connectivity index (χ3v) is 3.35. The molecule has 3 heterocycles. The Kier molecular flexibility index (Phi) is 3.58. The van der Waals surface area contributed by atoms with Gasteiger partial charge in [-0.05, 0) is 22.0 Å². The molecule has 100 valence electrons. The van der Waals surface area contributed by atoms with Crippen molar-refractivity contribution in [1.82, 2.24) is 19.9 Å². The molecule has 1 fully saturated rings. The van der Waals surface area contributed by atoms with Crippen LogP contribution in [0.15, 0.2) is 29.3 Å². The van der Waals surface area contributed by atoms with E-state index in [0.717, 1.165) is 12.2 Å². The van der Waals surface area contributed by atoms with Crippen LogP contribution in [-0.4, -0.2) is 34.3 Å². The Labute approximate surface area is 117 Å². The molecule has 1 atom stereocenters. The summed E-state index contributed by atoms with van der Waals surface area (Å²) in [6.07, 6.45) is 4.89. The van der Waals surface area contributed by atoms with Crippen LogP contribution in [-0.2, 0) is 4.74 Å². The van der Waals surface area contributed by atoms with Gasteiger partial charge >= 0.3 is 0 Å². The topological polar surface area (TPSA) is 52.0 Å². The van der Waals surface area contributed by atoms with Gasteiger partial charge in [-0.3, -0.25) is 4.57 Å². The van der Waals surface area contributed by atoms with Crippen molar-refractivity contribution in [2.45, 2.75) is 6.04 Å². The molecule has 0 saturated carbocycles. The number of halogens is 2. The summed E-state index contributed by atoms with van der Waals surface area (Å²) in [5.74, 6) is -0.162. The smallest absolute Gasteiger partial charge is 0.174 e. The van der Waals surface area contributed by atoms with Crippen molar-refractivity contribution in [2.24, 2.45) is 0 Å². The molecule has 1 aliphatic heterocycles. The lowest BCUT2D eigenvalue weighted by Crippen LogP contribution is -2.34. The maximum absolute atomic E-state index is 13.8. The number of morpholine rings is 1. The summed E-state index contributed by atoms with van der Waals surface area (Å²) in [6.45, 7) is 2.08. The number of imidazole rings is 1. The van der Waals surface area contributed by atoms with Crippen LogP contribution >= 0.6 is 15.9 Å². The number of ether oxygens (including phenoxy) is 1. The van der Waals surface area contributed by atoms with Gasteiger partial charge in [0.2, 0.25) is 0 Å². The highest BCUT2D eigenvalue weighted by Gasteiger charge is 2.18. The Morgan fingerprint density at radius 3 is 3.11 bits per heavy atom. The van der Waals surface area contributed by atoms with Crippen LogP contribution in [0.3, 0.4) is 0 Å². The molecular formula is C12H12BrFN4O. The minimum absolute atomic E-state index is 0.0495. The number of pyridine rings is 1. The molecule has 19 heavy (non-hydrogen) atoms. The Bertz CT molecular complexity index is 583. The van der Waals surface area contributed by atoms with Crippen molar-refractivity contribution in [3.8, 4) is 5.82 Å². The first kappa shape index (κ1) is 12.7. The Morgan fingerprint density at radius 1 is 1.47 bits per heavy atom. The second-order valence-electron chi connectivity index (χ2n) is 4.25. The summed E-state index contributed by atoms with van der Waals surface area (Å²) in [5, 5.41) is 3.30. The summed E-state index contributed by atoms with van der Waals surface area (Å²) in [4.78, 5) is 8.34. The minimum atomic E-state index is -0.397. The second kappa shape index (κ2) is 5.36. The first-order valence-electron chi connectivity index (χ1n) is 5.90. The molecule has 2 aromatic heterocycles. The van der Waals surface area contributed by atoms with Crippen molar-refractivity contribution >= 4 is 15.9 Å². The fourth-order valence-corrected chi connectivity index (χ4v) is 2.29. The number of nitrogens with one attached hydrogen (secondary N) is 1. The van der Waals surface area contributed by atoms with Crippen LogP contribution in [0.25, 0.3) is 5.82 Å². The minimum Gasteiger partial charge on any atom is -0.378 e. The molecule has 0 bridgehead atoms. The molecule has 0 aromatic carbocycles. The van der Waals surface area contributed by atoms with Gasteiger partial charge in [0, 0.05) is 23.4 Å². The van der Waals surface area contributed by atoms with Crippen molar-refractivity contribution in [3.63, 3.8) is 0 Å². The van der Waals surface area contributed by atoms with E-state index in [1.54, 1.807) is 23.3 Å². The normalized spacial score (nSPS) is 19.6. The molecule has 1 saturated heterocycles. The van der Waals surface area contributed by atoms with E-state index < -0.39 is 5.82 Å². The quantitative estimate of drug-likeness (QED) is 0.914. The zero-order valence-corrected chi connectivity index (χ0v) is 11.6. The van der Waals surface area contributed by atoms with E-state index in [9.17, 15) is 4.39 Å². The lowest BCUT2D eigenvalue weighted by molar-refractivity contribution is 0.0757. The number of rotatable bonds is 2. The molecule has 0 radical (unpaired) electrons. The van der Waals surface area contributed by atoms with E-state index in [2.05, 4.69) is 31.2 Å². The van der Waals surface area contributed by atoms with Crippen LogP contribution in [0.2, 0.25) is 0 Å². The van der Waals surface area contributed by atoms with Gasteiger partial charge in [-0.25, -0.2) is 14.4 Å². The summed E-state index contributed by atoms with van der Waals surface area (Å²) >= 11 is 3.18. The lowest BCUT2D eigenvalue weighted by atomic mass is 10.2. The van der Waals surface area contributed by atoms with Crippen LogP contribution in [0.1, 0.15) is 11.7 Å². The zero-order chi connectivity index (χ0) is 13.2. The van der Waals surface area contributed by atoms with Gasteiger partial charge in [-0.2, -0.15) is 0 Å². The predicted octanol–water partition coefficient (Wildman–Crippen LogP) is 1.83. The van der Waals surface area contributed by atoms with Crippen molar-refractivity contribution in [1.29, 1.82) is 0 Å². The maximum atomic E-state index is 13.8. The average molecular weight is 327 g/mol. The molecule has 1 N–H and O–H groups in total. The Morgan fingerprint density at radius 2 is 2.37 bits per heavy atom. The molecule has 1 aliphatic rings. The number of nitrogens with zero attached hydrogens (tertiary/aromatic N) is 3. The lowest BCUT2D eigenvalue weighted by Gasteiger charge is -2.21. The molecule has 0 spiro atoms. The summed E-state index contributed by atoms with van der Waals surface area (Å²) in [6, 6.07) is 1.43. The van der Waals surface area contributed by atoms with E-state index in [-0.39, 0.29) is 11.9 Å². The van der Waals surface area contributed by atoms with E-state index in [0.29, 0.717) is 17.7 Å². The largest absolute Gasteiger partial charge is 0.378 e. The van der Waals surface area contributed by atoms with E-state index in [4.69, 9.17) is 4.74 Å². The van der Waals surface area contributed by atoms with Gasteiger partial charge < -0.3 is 10.1 Å². The molecule has 7 heteroatoms.